The second-order valence-electron chi connectivity index (χ2n) is 6.73. The van der Waals surface area contributed by atoms with Crippen molar-refractivity contribution in [3.63, 3.8) is 0 Å². The zero-order chi connectivity index (χ0) is 16.1. The molecule has 0 aliphatic carbocycles. The fourth-order valence-electron chi connectivity index (χ4n) is 3.58. The number of pyridine rings is 1. The summed E-state index contributed by atoms with van der Waals surface area (Å²) in [5.74, 6) is 1.03. The predicted molar refractivity (Wildman–Crippen MR) is 97.5 cm³/mol. The molecule has 6 heteroatoms. The SMILES string of the molecule is Cc1cc(C)c2c(n1)sc1c(NC3CCN(C)CC3)nn(C)c12. The molecule has 1 aliphatic rings. The quantitative estimate of drug-likeness (QED) is 0.783. The van der Waals surface area contributed by atoms with Gasteiger partial charge in [0.15, 0.2) is 5.82 Å². The lowest BCUT2D eigenvalue weighted by Gasteiger charge is -2.29. The molecule has 1 N–H and O–H groups in total. The molecule has 0 unspecified atom stereocenters. The van der Waals surface area contributed by atoms with Crippen LogP contribution < -0.4 is 5.32 Å². The van der Waals surface area contributed by atoms with Gasteiger partial charge in [-0.3, -0.25) is 4.68 Å². The normalized spacial score (nSPS) is 17.4. The van der Waals surface area contributed by atoms with Crippen LogP contribution in [0.25, 0.3) is 20.4 Å². The van der Waals surface area contributed by atoms with Crippen molar-refractivity contribution in [3.05, 3.63) is 17.3 Å². The van der Waals surface area contributed by atoms with E-state index >= 15 is 0 Å². The summed E-state index contributed by atoms with van der Waals surface area (Å²) in [6.07, 6.45) is 2.35. The maximum atomic E-state index is 4.75. The van der Waals surface area contributed by atoms with Crippen molar-refractivity contribution in [2.24, 2.45) is 7.05 Å². The van der Waals surface area contributed by atoms with Gasteiger partial charge in [0, 0.05) is 24.2 Å². The Labute approximate surface area is 140 Å². The van der Waals surface area contributed by atoms with E-state index in [0.717, 1.165) is 29.4 Å². The number of rotatable bonds is 2. The smallest absolute Gasteiger partial charge is 0.166 e. The topological polar surface area (TPSA) is 46.0 Å². The van der Waals surface area contributed by atoms with E-state index in [-0.39, 0.29) is 0 Å². The molecular weight excluding hydrogens is 306 g/mol. The molecule has 4 heterocycles. The number of hydrogen-bond donors (Lipinski definition) is 1. The maximum Gasteiger partial charge on any atom is 0.166 e. The van der Waals surface area contributed by atoms with Crippen LogP contribution in [-0.4, -0.2) is 45.8 Å². The molecule has 4 rings (SSSR count). The standard InChI is InChI=1S/C17H23N5S/c1-10-9-11(2)18-17-13(10)14-15(23-17)16(20-22(14)4)19-12-5-7-21(3)8-6-12/h9,12H,5-8H2,1-4H3,(H,19,20). The van der Waals surface area contributed by atoms with Crippen LogP contribution in [-0.2, 0) is 7.05 Å². The van der Waals surface area contributed by atoms with Crippen LogP contribution in [0.2, 0.25) is 0 Å². The molecule has 0 saturated carbocycles. The molecular formula is C17H23N5S. The number of nitrogens with one attached hydrogen (secondary N) is 1. The molecule has 1 aliphatic heterocycles. The first-order valence-corrected chi connectivity index (χ1v) is 9.03. The number of aromatic nitrogens is 3. The summed E-state index contributed by atoms with van der Waals surface area (Å²) in [6.45, 7) is 6.53. The van der Waals surface area contributed by atoms with Crippen LogP contribution in [0.3, 0.4) is 0 Å². The van der Waals surface area contributed by atoms with Crippen LogP contribution in [0, 0.1) is 13.8 Å². The number of likely N-dealkylation sites (tertiary alicyclic amines) is 1. The van der Waals surface area contributed by atoms with Crippen molar-refractivity contribution >= 4 is 37.6 Å². The molecule has 0 amide bonds. The van der Waals surface area contributed by atoms with E-state index in [4.69, 9.17) is 10.1 Å². The number of fused-ring (bicyclic) bond motifs is 3. The van der Waals surface area contributed by atoms with Gasteiger partial charge in [-0.15, -0.1) is 11.3 Å². The molecule has 0 spiro atoms. The highest BCUT2D eigenvalue weighted by Crippen LogP contribution is 2.39. The van der Waals surface area contributed by atoms with E-state index in [1.807, 2.05) is 11.7 Å². The minimum Gasteiger partial charge on any atom is -0.365 e. The lowest BCUT2D eigenvalue weighted by Crippen LogP contribution is -2.36. The van der Waals surface area contributed by atoms with Crippen LogP contribution in [0.4, 0.5) is 5.82 Å². The number of thiophene rings is 1. The summed E-state index contributed by atoms with van der Waals surface area (Å²) < 4.78 is 3.25. The number of aryl methyl sites for hydroxylation is 3. The van der Waals surface area contributed by atoms with Gasteiger partial charge in [-0.25, -0.2) is 4.98 Å². The second-order valence-corrected chi connectivity index (χ2v) is 7.73. The molecule has 122 valence electrons. The summed E-state index contributed by atoms with van der Waals surface area (Å²) in [4.78, 5) is 8.24. The molecule has 3 aromatic heterocycles. The van der Waals surface area contributed by atoms with E-state index in [1.54, 1.807) is 11.3 Å². The summed E-state index contributed by atoms with van der Waals surface area (Å²) >= 11 is 1.76. The minimum absolute atomic E-state index is 0.519. The fraction of sp³-hybridized carbons (Fsp3) is 0.529. The van der Waals surface area contributed by atoms with Crippen molar-refractivity contribution < 1.29 is 0 Å². The zero-order valence-corrected chi connectivity index (χ0v) is 15.0. The third-order valence-corrected chi connectivity index (χ3v) is 5.89. The van der Waals surface area contributed by atoms with E-state index in [9.17, 15) is 0 Å². The lowest BCUT2D eigenvalue weighted by atomic mass is 10.1. The number of hydrogen-bond acceptors (Lipinski definition) is 5. The summed E-state index contributed by atoms with van der Waals surface area (Å²) in [5.41, 5.74) is 3.58. The maximum absolute atomic E-state index is 4.75. The summed E-state index contributed by atoms with van der Waals surface area (Å²) in [6, 6.07) is 2.68. The highest BCUT2D eigenvalue weighted by atomic mass is 32.1. The van der Waals surface area contributed by atoms with Crippen molar-refractivity contribution in [1.82, 2.24) is 19.7 Å². The predicted octanol–water partition coefficient (Wildman–Crippen LogP) is 3.31. The minimum atomic E-state index is 0.519. The number of nitrogens with zero attached hydrogens (tertiary/aromatic N) is 4. The van der Waals surface area contributed by atoms with Gasteiger partial charge in [0.05, 0.1) is 10.2 Å². The van der Waals surface area contributed by atoms with Gasteiger partial charge in [-0.1, -0.05) is 0 Å². The Hall–Kier alpha value is -1.66. The van der Waals surface area contributed by atoms with Crippen LogP contribution in [0.5, 0.6) is 0 Å². The van der Waals surface area contributed by atoms with Gasteiger partial charge in [-0.05, 0) is 58.5 Å². The van der Waals surface area contributed by atoms with E-state index in [1.165, 1.54) is 34.0 Å². The lowest BCUT2D eigenvalue weighted by molar-refractivity contribution is 0.263. The molecule has 5 nitrogen and oxygen atoms in total. The van der Waals surface area contributed by atoms with Crippen molar-refractivity contribution in [1.29, 1.82) is 0 Å². The van der Waals surface area contributed by atoms with Crippen LogP contribution in [0.15, 0.2) is 6.07 Å². The van der Waals surface area contributed by atoms with Crippen LogP contribution >= 0.6 is 11.3 Å². The Kier molecular flexibility index (Phi) is 3.54. The molecule has 0 atom stereocenters. The first-order chi connectivity index (χ1) is 11.0. The first kappa shape index (κ1) is 14.9. The number of piperidine rings is 1. The largest absolute Gasteiger partial charge is 0.365 e. The fourth-order valence-corrected chi connectivity index (χ4v) is 4.85. The van der Waals surface area contributed by atoms with Gasteiger partial charge >= 0.3 is 0 Å². The van der Waals surface area contributed by atoms with E-state index in [2.05, 4.69) is 37.2 Å². The van der Waals surface area contributed by atoms with E-state index < -0.39 is 0 Å². The molecule has 3 aromatic rings. The van der Waals surface area contributed by atoms with Gasteiger partial charge in [0.25, 0.3) is 0 Å². The Balaban J connectivity index is 1.78. The van der Waals surface area contributed by atoms with Gasteiger partial charge < -0.3 is 10.2 Å². The average Bonchev–Trinajstić information content (AvgIpc) is 3.00. The monoisotopic (exact) mass is 329 g/mol. The highest BCUT2D eigenvalue weighted by Gasteiger charge is 2.22. The summed E-state index contributed by atoms with van der Waals surface area (Å²) in [5, 5.41) is 9.69. The molecule has 23 heavy (non-hydrogen) atoms. The average molecular weight is 329 g/mol. The highest BCUT2D eigenvalue weighted by molar-refractivity contribution is 7.26. The van der Waals surface area contributed by atoms with Gasteiger partial charge in [0.2, 0.25) is 0 Å². The van der Waals surface area contributed by atoms with Gasteiger partial charge in [0.1, 0.15) is 4.83 Å². The molecule has 0 radical (unpaired) electrons. The molecule has 1 saturated heterocycles. The Morgan fingerprint density at radius 1 is 1.22 bits per heavy atom. The van der Waals surface area contributed by atoms with Gasteiger partial charge in [-0.2, -0.15) is 5.10 Å². The third kappa shape index (κ3) is 2.50. The van der Waals surface area contributed by atoms with Crippen LogP contribution in [0.1, 0.15) is 24.1 Å². The third-order valence-electron chi connectivity index (χ3n) is 4.81. The molecule has 0 aromatic carbocycles. The van der Waals surface area contributed by atoms with E-state index in [0.29, 0.717) is 6.04 Å². The Morgan fingerprint density at radius 3 is 2.70 bits per heavy atom. The number of anilines is 1. The molecule has 0 bridgehead atoms. The first-order valence-electron chi connectivity index (χ1n) is 8.21. The Bertz CT molecular complexity index is 870. The molecule has 1 fully saturated rings. The van der Waals surface area contributed by atoms with Crippen molar-refractivity contribution in [3.8, 4) is 0 Å². The zero-order valence-electron chi connectivity index (χ0n) is 14.2. The Morgan fingerprint density at radius 2 is 1.96 bits per heavy atom. The van der Waals surface area contributed by atoms with Crippen molar-refractivity contribution in [2.45, 2.75) is 32.7 Å². The summed E-state index contributed by atoms with van der Waals surface area (Å²) in [7, 11) is 4.23. The van der Waals surface area contributed by atoms with Crippen molar-refractivity contribution in [2.75, 3.05) is 25.5 Å². The second kappa shape index (κ2) is 5.46.